The van der Waals surface area contributed by atoms with Gasteiger partial charge in [-0.25, -0.2) is 4.79 Å². The first-order chi connectivity index (χ1) is 6.93. The summed E-state index contributed by atoms with van der Waals surface area (Å²) in [5, 5.41) is 11.6. The molecule has 2 fully saturated rings. The van der Waals surface area contributed by atoms with Crippen molar-refractivity contribution in [3.8, 4) is 0 Å². The van der Waals surface area contributed by atoms with Crippen LogP contribution in [0, 0.1) is 11.3 Å². The van der Waals surface area contributed by atoms with Gasteiger partial charge in [0.15, 0.2) is 0 Å². The fourth-order valence-electron chi connectivity index (χ4n) is 2.05. The molecule has 2 N–H and O–H groups in total. The third-order valence-electron chi connectivity index (χ3n) is 4.00. The molecule has 0 aromatic heterocycles. The summed E-state index contributed by atoms with van der Waals surface area (Å²) in [4.78, 5) is 22.6. The lowest BCUT2D eigenvalue weighted by Gasteiger charge is -2.13. The van der Waals surface area contributed by atoms with E-state index in [-0.39, 0.29) is 17.2 Å². The Morgan fingerprint density at radius 1 is 1.47 bits per heavy atom. The molecule has 4 nitrogen and oxygen atoms in total. The van der Waals surface area contributed by atoms with Crippen molar-refractivity contribution >= 4 is 11.9 Å². The van der Waals surface area contributed by atoms with Crippen LogP contribution in [0.5, 0.6) is 0 Å². The lowest BCUT2D eigenvalue weighted by atomic mass is 10.0. The molecule has 0 saturated heterocycles. The number of carboxylic acid groups (broad SMARTS) is 1. The van der Waals surface area contributed by atoms with Gasteiger partial charge in [0.1, 0.15) is 5.54 Å². The van der Waals surface area contributed by atoms with E-state index in [9.17, 15) is 9.59 Å². The van der Waals surface area contributed by atoms with Gasteiger partial charge in [0.25, 0.3) is 0 Å². The van der Waals surface area contributed by atoms with Gasteiger partial charge in [-0.2, -0.15) is 0 Å². The maximum Gasteiger partial charge on any atom is 0.329 e. The van der Waals surface area contributed by atoms with E-state index in [4.69, 9.17) is 5.11 Å². The smallest absolute Gasteiger partial charge is 0.329 e. The summed E-state index contributed by atoms with van der Waals surface area (Å²) in [6.45, 7) is 4.15. The minimum absolute atomic E-state index is 0.0272. The molecule has 0 aromatic rings. The van der Waals surface area contributed by atoms with Crippen molar-refractivity contribution in [3.05, 3.63) is 0 Å². The summed E-state index contributed by atoms with van der Waals surface area (Å²) in [5.74, 6) is -0.937. The summed E-state index contributed by atoms with van der Waals surface area (Å²) >= 11 is 0. The molecule has 2 unspecified atom stereocenters. The number of hydrogen-bond acceptors (Lipinski definition) is 2. The number of rotatable bonds is 4. The van der Waals surface area contributed by atoms with Crippen LogP contribution in [-0.2, 0) is 9.59 Å². The van der Waals surface area contributed by atoms with Crippen LogP contribution in [-0.4, -0.2) is 22.5 Å². The molecule has 2 saturated carbocycles. The van der Waals surface area contributed by atoms with Crippen molar-refractivity contribution in [3.63, 3.8) is 0 Å². The van der Waals surface area contributed by atoms with Crippen LogP contribution in [0.3, 0.4) is 0 Å². The maximum atomic E-state index is 11.8. The van der Waals surface area contributed by atoms with E-state index in [1.54, 1.807) is 0 Å². The first kappa shape index (κ1) is 10.5. The molecule has 0 bridgehead atoms. The van der Waals surface area contributed by atoms with E-state index in [1.165, 1.54) is 0 Å². The zero-order valence-electron chi connectivity index (χ0n) is 9.17. The maximum absolute atomic E-state index is 11.8. The van der Waals surface area contributed by atoms with E-state index in [2.05, 4.69) is 19.2 Å². The molecule has 2 aliphatic carbocycles. The van der Waals surface area contributed by atoms with Gasteiger partial charge in [-0.1, -0.05) is 13.8 Å². The molecule has 1 amide bonds. The lowest BCUT2D eigenvalue weighted by Crippen LogP contribution is -2.44. The van der Waals surface area contributed by atoms with E-state index in [0.717, 1.165) is 12.8 Å². The molecular weight excluding hydrogens is 194 g/mol. The third-order valence-corrected chi connectivity index (χ3v) is 4.00. The molecule has 0 radical (unpaired) electrons. The first-order valence-corrected chi connectivity index (χ1v) is 5.49. The summed E-state index contributed by atoms with van der Waals surface area (Å²) in [6.07, 6.45) is 3.02. The third kappa shape index (κ3) is 1.62. The summed E-state index contributed by atoms with van der Waals surface area (Å²) in [5.41, 5.74) is -0.813. The monoisotopic (exact) mass is 211 g/mol. The van der Waals surface area contributed by atoms with E-state index < -0.39 is 11.5 Å². The van der Waals surface area contributed by atoms with Gasteiger partial charge < -0.3 is 10.4 Å². The highest BCUT2D eigenvalue weighted by Gasteiger charge is 2.58. The Morgan fingerprint density at radius 3 is 2.40 bits per heavy atom. The van der Waals surface area contributed by atoms with Gasteiger partial charge in [0.05, 0.1) is 0 Å². The van der Waals surface area contributed by atoms with Crippen LogP contribution in [0.2, 0.25) is 0 Å². The van der Waals surface area contributed by atoms with Gasteiger partial charge in [0, 0.05) is 5.92 Å². The van der Waals surface area contributed by atoms with Crippen LogP contribution < -0.4 is 5.32 Å². The number of carbonyl (C=O) groups excluding carboxylic acids is 1. The molecule has 0 aliphatic heterocycles. The quantitative estimate of drug-likeness (QED) is 0.733. The number of hydrogen-bond donors (Lipinski definition) is 2. The largest absolute Gasteiger partial charge is 0.480 e. The van der Waals surface area contributed by atoms with Crippen LogP contribution in [0.4, 0.5) is 0 Å². The molecular formula is C11H17NO3. The van der Waals surface area contributed by atoms with Crippen LogP contribution in [0.25, 0.3) is 0 Å². The van der Waals surface area contributed by atoms with Crippen LogP contribution >= 0.6 is 0 Å². The Bertz CT molecular complexity index is 322. The Kier molecular flexibility index (Phi) is 2.07. The Hall–Kier alpha value is -1.06. The molecule has 4 heteroatoms. The minimum atomic E-state index is -0.922. The molecule has 0 aromatic carbocycles. The average Bonchev–Trinajstić information content (AvgIpc) is 3.03. The van der Waals surface area contributed by atoms with E-state index >= 15 is 0 Å². The number of amides is 1. The second kappa shape index (κ2) is 2.97. The molecule has 2 aliphatic rings. The highest BCUT2D eigenvalue weighted by atomic mass is 16.4. The standard InChI is InChI=1S/C11H17NO3/c1-3-10(2)6-7(10)8(13)12-11(4-5-11)9(14)15/h7H,3-6H2,1-2H3,(H,12,13)(H,14,15). The Morgan fingerprint density at radius 2 is 2.07 bits per heavy atom. The normalized spacial score (nSPS) is 35.7. The number of carbonyl (C=O) groups is 2. The second-order valence-electron chi connectivity index (χ2n) is 5.14. The van der Waals surface area contributed by atoms with Crippen molar-refractivity contribution < 1.29 is 14.7 Å². The zero-order valence-corrected chi connectivity index (χ0v) is 9.17. The summed E-state index contributed by atoms with van der Waals surface area (Å²) in [6, 6.07) is 0. The molecule has 0 heterocycles. The topological polar surface area (TPSA) is 66.4 Å². The van der Waals surface area contributed by atoms with Crippen molar-refractivity contribution in [2.75, 3.05) is 0 Å². The predicted molar refractivity (Wildman–Crippen MR) is 54.2 cm³/mol. The van der Waals surface area contributed by atoms with Gasteiger partial charge in [-0.3, -0.25) is 4.79 Å². The average molecular weight is 211 g/mol. The second-order valence-corrected chi connectivity index (χ2v) is 5.14. The van der Waals surface area contributed by atoms with E-state index in [0.29, 0.717) is 12.8 Å². The zero-order chi connectivity index (χ0) is 11.3. The highest BCUT2D eigenvalue weighted by Crippen LogP contribution is 2.55. The van der Waals surface area contributed by atoms with Gasteiger partial charge >= 0.3 is 5.97 Å². The van der Waals surface area contributed by atoms with Gasteiger partial charge in [-0.05, 0) is 31.1 Å². The molecule has 84 valence electrons. The van der Waals surface area contributed by atoms with Gasteiger partial charge in [-0.15, -0.1) is 0 Å². The van der Waals surface area contributed by atoms with Crippen molar-refractivity contribution in [2.45, 2.75) is 45.1 Å². The highest BCUT2D eigenvalue weighted by molar-refractivity contribution is 5.91. The number of carboxylic acids is 1. The Balaban J connectivity index is 1.92. The van der Waals surface area contributed by atoms with Crippen molar-refractivity contribution in [1.29, 1.82) is 0 Å². The van der Waals surface area contributed by atoms with E-state index in [1.807, 2.05) is 0 Å². The Labute approximate surface area is 89.0 Å². The van der Waals surface area contributed by atoms with Crippen LogP contribution in [0.15, 0.2) is 0 Å². The number of nitrogens with one attached hydrogen (secondary N) is 1. The fourth-order valence-corrected chi connectivity index (χ4v) is 2.05. The fraction of sp³-hybridized carbons (Fsp3) is 0.818. The summed E-state index contributed by atoms with van der Waals surface area (Å²) < 4.78 is 0. The van der Waals surface area contributed by atoms with Crippen molar-refractivity contribution in [2.24, 2.45) is 11.3 Å². The molecule has 2 rings (SSSR count). The van der Waals surface area contributed by atoms with Crippen molar-refractivity contribution in [1.82, 2.24) is 5.32 Å². The predicted octanol–water partition coefficient (Wildman–Crippen LogP) is 1.16. The molecule has 0 spiro atoms. The SMILES string of the molecule is CCC1(C)CC1C(=O)NC1(C(=O)O)CC1. The first-order valence-electron chi connectivity index (χ1n) is 5.49. The number of aliphatic carboxylic acids is 1. The minimum Gasteiger partial charge on any atom is -0.480 e. The van der Waals surface area contributed by atoms with Gasteiger partial charge in [0.2, 0.25) is 5.91 Å². The lowest BCUT2D eigenvalue weighted by molar-refractivity contribution is -0.143. The van der Waals surface area contributed by atoms with Crippen LogP contribution in [0.1, 0.15) is 39.5 Å². The molecule has 2 atom stereocenters. The summed E-state index contributed by atoms with van der Waals surface area (Å²) in [7, 11) is 0. The molecule has 15 heavy (non-hydrogen) atoms.